The highest BCUT2D eigenvalue weighted by Gasteiger charge is 2.28. The smallest absolute Gasteiger partial charge is 0.264 e. The minimum absolute atomic E-state index is 0.315. The van der Waals surface area contributed by atoms with Crippen LogP contribution in [-0.2, 0) is 10.0 Å². The Kier molecular flexibility index (Phi) is 7.61. The number of benzene rings is 2. The first-order valence-corrected chi connectivity index (χ1v) is 12.0. The molecule has 2 aromatic rings. The Balaban J connectivity index is 2.06. The molecule has 1 heterocycles. The number of hydrogen-bond acceptors (Lipinski definition) is 5. The van der Waals surface area contributed by atoms with E-state index in [0.29, 0.717) is 11.4 Å². The van der Waals surface area contributed by atoms with E-state index in [0.717, 1.165) is 56.0 Å². The van der Waals surface area contributed by atoms with Crippen LogP contribution in [0.3, 0.4) is 0 Å². The van der Waals surface area contributed by atoms with Crippen molar-refractivity contribution in [1.29, 1.82) is 0 Å². The summed E-state index contributed by atoms with van der Waals surface area (Å²) < 4.78 is 34.4. The average Bonchev–Trinajstić information content (AvgIpc) is 2.77. The van der Waals surface area contributed by atoms with Crippen LogP contribution in [0.5, 0.6) is 5.75 Å². The first-order chi connectivity index (χ1) is 14.4. The standard InChI is InChI=1S/C23H33N3O3S/c1-24(2)15-10-18-26(30(27,28)21-11-6-4-7-12-21)22-14-13-20(29-3)19-23(22)25-16-8-5-9-17-25/h4,6-7,11-14,19H,5,8-10,15-18H2,1-3H3. The maximum atomic E-state index is 13.7. The molecule has 0 amide bonds. The Morgan fingerprint density at radius 1 is 0.967 bits per heavy atom. The van der Waals surface area contributed by atoms with Gasteiger partial charge in [0.05, 0.1) is 23.4 Å². The third-order valence-electron chi connectivity index (χ3n) is 5.45. The quantitative estimate of drug-likeness (QED) is 0.604. The summed E-state index contributed by atoms with van der Waals surface area (Å²) in [5, 5.41) is 0. The Bertz CT molecular complexity index is 911. The van der Waals surface area contributed by atoms with Crippen molar-refractivity contribution in [3.05, 3.63) is 48.5 Å². The maximum Gasteiger partial charge on any atom is 0.264 e. The van der Waals surface area contributed by atoms with Crippen LogP contribution in [0.4, 0.5) is 11.4 Å². The molecule has 1 saturated heterocycles. The summed E-state index contributed by atoms with van der Waals surface area (Å²) in [5.41, 5.74) is 1.65. The third-order valence-corrected chi connectivity index (χ3v) is 7.27. The van der Waals surface area contributed by atoms with Crippen LogP contribution in [0.15, 0.2) is 53.4 Å². The molecule has 0 saturated carbocycles. The average molecular weight is 432 g/mol. The number of rotatable bonds is 9. The number of hydrogen-bond donors (Lipinski definition) is 0. The topological polar surface area (TPSA) is 53.1 Å². The number of sulfonamides is 1. The van der Waals surface area contributed by atoms with Gasteiger partial charge in [0.2, 0.25) is 0 Å². The summed E-state index contributed by atoms with van der Waals surface area (Å²) in [5.74, 6) is 0.740. The number of methoxy groups -OCH3 is 1. The van der Waals surface area contributed by atoms with Gasteiger partial charge in [0.15, 0.2) is 0 Å². The predicted octanol–water partition coefficient (Wildman–Crippen LogP) is 3.83. The second-order valence-corrected chi connectivity index (χ2v) is 9.81. The van der Waals surface area contributed by atoms with Crippen LogP contribution in [0, 0.1) is 0 Å². The van der Waals surface area contributed by atoms with Gasteiger partial charge in [-0.3, -0.25) is 4.31 Å². The molecule has 0 N–H and O–H groups in total. The van der Waals surface area contributed by atoms with Crippen molar-refractivity contribution >= 4 is 21.4 Å². The van der Waals surface area contributed by atoms with Gasteiger partial charge in [0.1, 0.15) is 5.75 Å². The molecule has 0 spiro atoms. The summed E-state index contributed by atoms with van der Waals surface area (Å²) in [6.07, 6.45) is 4.18. The van der Waals surface area contributed by atoms with Crippen LogP contribution >= 0.6 is 0 Å². The molecule has 0 bridgehead atoms. The van der Waals surface area contributed by atoms with E-state index in [-0.39, 0.29) is 0 Å². The van der Waals surface area contributed by atoms with Crippen molar-refractivity contribution < 1.29 is 13.2 Å². The fraction of sp³-hybridized carbons (Fsp3) is 0.478. The van der Waals surface area contributed by atoms with E-state index >= 15 is 0 Å². The Labute approximate surface area is 181 Å². The van der Waals surface area contributed by atoms with E-state index in [1.54, 1.807) is 35.7 Å². The van der Waals surface area contributed by atoms with Gasteiger partial charge in [-0.1, -0.05) is 18.2 Å². The first kappa shape index (κ1) is 22.4. The maximum absolute atomic E-state index is 13.7. The lowest BCUT2D eigenvalue weighted by atomic mass is 10.1. The van der Waals surface area contributed by atoms with E-state index in [1.807, 2.05) is 38.4 Å². The van der Waals surface area contributed by atoms with Crippen molar-refractivity contribution in [3.8, 4) is 5.75 Å². The van der Waals surface area contributed by atoms with Gasteiger partial charge in [-0.2, -0.15) is 0 Å². The second kappa shape index (κ2) is 10.2. The molecule has 3 rings (SSSR count). The molecule has 7 heteroatoms. The zero-order valence-electron chi connectivity index (χ0n) is 18.3. The summed E-state index contributed by atoms with van der Waals surface area (Å²) in [7, 11) is 1.96. The normalized spacial score (nSPS) is 14.7. The fourth-order valence-corrected chi connectivity index (χ4v) is 5.39. The number of nitrogens with zero attached hydrogens (tertiary/aromatic N) is 3. The Hall–Kier alpha value is -2.25. The minimum Gasteiger partial charge on any atom is -0.497 e. The summed E-state index contributed by atoms with van der Waals surface area (Å²) >= 11 is 0. The van der Waals surface area contributed by atoms with Crippen LogP contribution in [0.2, 0.25) is 0 Å². The minimum atomic E-state index is -3.69. The van der Waals surface area contributed by atoms with Gasteiger partial charge in [-0.05, 0) is 70.6 Å². The van der Waals surface area contributed by atoms with Gasteiger partial charge in [0.25, 0.3) is 10.0 Å². The Morgan fingerprint density at radius 2 is 1.67 bits per heavy atom. The molecular formula is C23H33N3O3S. The zero-order chi connectivity index (χ0) is 21.6. The highest BCUT2D eigenvalue weighted by molar-refractivity contribution is 7.92. The molecule has 0 atom stereocenters. The lowest BCUT2D eigenvalue weighted by Gasteiger charge is -2.34. The Morgan fingerprint density at radius 3 is 2.30 bits per heavy atom. The molecule has 164 valence electrons. The molecule has 1 aliphatic heterocycles. The molecule has 1 fully saturated rings. The molecule has 0 aromatic heterocycles. The largest absolute Gasteiger partial charge is 0.497 e. The van der Waals surface area contributed by atoms with Crippen LogP contribution in [0.25, 0.3) is 0 Å². The van der Waals surface area contributed by atoms with Gasteiger partial charge in [0, 0.05) is 25.7 Å². The molecule has 2 aromatic carbocycles. The highest BCUT2D eigenvalue weighted by Crippen LogP contribution is 2.37. The predicted molar refractivity (Wildman–Crippen MR) is 123 cm³/mol. The van der Waals surface area contributed by atoms with E-state index in [4.69, 9.17) is 4.74 Å². The number of anilines is 2. The highest BCUT2D eigenvalue weighted by atomic mass is 32.2. The molecule has 0 unspecified atom stereocenters. The van der Waals surface area contributed by atoms with Gasteiger partial charge in [-0.25, -0.2) is 8.42 Å². The molecule has 1 aliphatic rings. The number of ether oxygens (including phenoxy) is 1. The lowest BCUT2D eigenvalue weighted by molar-refractivity contribution is 0.403. The van der Waals surface area contributed by atoms with Gasteiger partial charge in [-0.15, -0.1) is 0 Å². The zero-order valence-corrected chi connectivity index (χ0v) is 19.1. The van der Waals surface area contributed by atoms with Crippen molar-refractivity contribution in [3.63, 3.8) is 0 Å². The molecule has 6 nitrogen and oxygen atoms in total. The van der Waals surface area contributed by atoms with E-state index < -0.39 is 10.0 Å². The SMILES string of the molecule is COc1ccc(N(CCCN(C)C)S(=O)(=O)c2ccccc2)c(N2CCCCC2)c1. The van der Waals surface area contributed by atoms with Crippen molar-refractivity contribution in [2.24, 2.45) is 0 Å². The fourth-order valence-electron chi connectivity index (χ4n) is 3.85. The summed E-state index contributed by atoms with van der Waals surface area (Å²) in [4.78, 5) is 4.68. The van der Waals surface area contributed by atoms with E-state index in [2.05, 4.69) is 9.80 Å². The lowest BCUT2D eigenvalue weighted by Crippen LogP contribution is -2.36. The van der Waals surface area contributed by atoms with Gasteiger partial charge >= 0.3 is 0 Å². The van der Waals surface area contributed by atoms with Crippen LogP contribution in [-0.4, -0.2) is 60.7 Å². The second-order valence-electron chi connectivity index (χ2n) is 7.95. The van der Waals surface area contributed by atoms with E-state index in [9.17, 15) is 8.42 Å². The summed E-state index contributed by atoms with van der Waals surface area (Å²) in [6.45, 7) is 3.09. The van der Waals surface area contributed by atoms with Crippen LogP contribution < -0.4 is 13.9 Å². The number of piperidine rings is 1. The van der Waals surface area contributed by atoms with Crippen molar-refractivity contribution in [2.45, 2.75) is 30.6 Å². The molecule has 0 radical (unpaired) electrons. The van der Waals surface area contributed by atoms with E-state index in [1.165, 1.54) is 6.42 Å². The monoisotopic (exact) mass is 431 g/mol. The first-order valence-electron chi connectivity index (χ1n) is 10.6. The molecular weight excluding hydrogens is 398 g/mol. The summed E-state index contributed by atoms with van der Waals surface area (Å²) in [6, 6.07) is 14.4. The van der Waals surface area contributed by atoms with Gasteiger partial charge < -0.3 is 14.5 Å². The molecule has 30 heavy (non-hydrogen) atoms. The van der Waals surface area contributed by atoms with Crippen LogP contribution in [0.1, 0.15) is 25.7 Å². The molecule has 0 aliphatic carbocycles. The van der Waals surface area contributed by atoms with Crippen molar-refractivity contribution in [2.75, 3.05) is 56.6 Å². The third kappa shape index (κ3) is 5.26. The van der Waals surface area contributed by atoms with Crippen molar-refractivity contribution in [1.82, 2.24) is 4.90 Å².